The van der Waals surface area contributed by atoms with Crippen LogP contribution < -0.4 is 4.90 Å². The zero-order valence-electron chi connectivity index (χ0n) is 11.2. The smallest absolute Gasteiger partial charge is 0.299 e. The highest BCUT2D eigenvalue weighted by atomic mass is 19.3. The Morgan fingerprint density at radius 3 is 2.81 bits per heavy atom. The van der Waals surface area contributed by atoms with E-state index in [0.717, 1.165) is 4.52 Å². The van der Waals surface area contributed by atoms with Crippen LogP contribution in [-0.4, -0.2) is 37.0 Å². The number of alkyl halides is 2. The van der Waals surface area contributed by atoms with E-state index in [4.69, 9.17) is 4.52 Å². The lowest BCUT2D eigenvalue weighted by atomic mass is 10.4. The molecule has 3 aromatic rings. The first kappa shape index (κ1) is 13.3. The SMILES string of the molecule is Cc1nc(CN(C)c2ccc3nnc(C(F)F)n3n2)no1. The quantitative estimate of drug-likeness (QED) is 0.719. The summed E-state index contributed by atoms with van der Waals surface area (Å²) in [5.74, 6) is 0.914. The lowest BCUT2D eigenvalue weighted by Crippen LogP contribution is -2.19. The van der Waals surface area contributed by atoms with Gasteiger partial charge in [0.25, 0.3) is 6.43 Å². The Bertz CT molecular complexity index is 769. The highest BCUT2D eigenvalue weighted by molar-refractivity contribution is 5.45. The Hall–Kier alpha value is -2.65. The monoisotopic (exact) mass is 295 g/mol. The lowest BCUT2D eigenvalue weighted by molar-refractivity contribution is 0.137. The summed E-state index contributed by atoms with van der Waals surface area (Å²) in [6.45, 7) is 2.02. The van der Waals surface area contributed by atoms with Gasteiger partial charge in [-0.3, -0.25) is 0 Å². The molecule has 3 heterocycles. The fourth-order valence-electron chi connectivity index (χ4n) is 1.83. The topological polar surface area (TPSA) is 85.2 Å². The second kappa shape index (κ2) is 5.04. The van der Waals surface area contributed by atoms with E-state index < -0.39 is 12.2 Å². The van der Waals surface area contributed by atoms with Gasteiger partial charge in [-0.1, -0.05) is 5.16 Å². The molecule has 3 rings (SSSR count). The molecule has 3 aromatic heterocycles. The molecular weight excluding hydrogens is 284 g/mol. The van der Waals surface area contributed by atoms with E-state index in [1.807, 2.05) is 0 Å². The van der Waals surface area contributed by atoms with Gasteiger partial charge in [0.15, 0.2) is 11.5 Å². The second-order valence-corrected chi connectivity index (χ2v) is 4.41. The van der Waals surface area contributed by atoms with Gasteiger partial charge in [-0.15, -0.1) is 15.3 Å². The van der Waals surface area contributed by atoms with Crippen molar-refractivity contribution in [1.29, 1.82) is 0 Å². The first-order chi connectivity index (χ1) is 10.0. The zero-order chi connectivity index (χ0) is 15.0. The number of hydrogen-bond acceptors (Lipinski definition) is 7. The van der Waals surface area contributed by atoms with Crippen LogP contribution in [0.2, 0.25) is 0 Å². The van der Waals surface area contributed by atoms with Crippen molar-refractivity contribution in [2.75, 3.05) is 11.9 Å². The van der Waals surface area contributed by atoms with Gasteiger partial charge >= 0.3 is 0 Å². The van der Waals surface area contributed by atoms with Crippen molar-refractivity contribution >= 4 is 11.5 Å². The number of hydrogen-bond donors (Lipinski definition) is 0. The molecule has 0 saturated heterocycles. The van der Waals surface area contributed by atoms with E-state index in [9.17, 15) is 8.78 Å². The lowest BCUT2D eigenvalue weighted by Gasteiger charge is -2.15. The molecule has 0 saturated carbocycles. The third-order valence-electron chi connectivity index (χ3n) is 2.81. The Balaban J connectivity index is 1.90. The number of fused-ring (bicyclic) bond motifs is 1. The van der Waals surface area contributed by atoms with Crippen LogP contribution >= 0.6 is 0 Å². The standard InChI is InChI=1S/C11H11F2N7O/c1-6-14-7(18-21-6)5-19(2)9-4-3-8-15-16-11(10(12)13)20(8)17-9/h3-4,10H,5H2,1-2H3. The molecule has 0 aliphatic carbocycles. The zero-order valence-corrected chi connectivity index (χ0v) is 11.2. The van der Waals surface area contributed by atoms with E-state index in [0.29, 0.717) is 24.1 Å². The average Bonchev–Trinajstić information content (AvgIpc) is 3.04. The van der Waals surface area contributed by atoms with E-state index in [1.54, 1.807) is 31.0 Å². The van der Waals surface area contributed by atoms with Crippen LogP contribution in [0.25, 0.3) is 5.65 Å². The minimum Gasteiger partial charge on any atom is -0.351 e. The van der Waals surface area contributed by atoms with Gasteiger partial charge < -0.3 is 9.42 Å². The van der Waals surface area contributed by atoms with Crippen molar-refractivity contribution in [3.63, 3.8) is 0 Å². The van der Waals surface area contributed by atoms with E-state index in [-0.39, 0.29) is 5.65 Å². The Kier molecular flexibility index (Phi) is 3.20. The second-order valence-electron chi connectivity index (χ2n) is 4.41. The predicted octanol–water partition coefficient (Wildman–Crippen LogP) is 1.39. The molecule has 8 nitrogen and oxygen atoms in total. The average molecular weight is 295 g/mol. The van der Waals surface area contributed by atoms with E-state index in [1.165, 1.54) is 0 Å². The summed E-state index contributed by atoms with van der Waals surface area (Å²) < 4.78 is 31.5. The van der Waals surface area contributed by atoms with Gasteiger partial charge in [-0.2, -0.15) is 9.50 Å². The third-order valence-corrected chi connectivity index (χ3v) is 2.81. The molecule has 0 unspecified atom stereocenters. The molecule has 0 atom stereocenters. The van der Waals surface area contributed by atoms with Gasteiger partial charge in [-0.25, -0.2) is 8.78 Å². The molecule has 21 heavy (non-hydrogen) atoms. The maximum atomic E-state index is 12.8. The third kappa shape index (κ3) is 2.51. The molecule has 10 heteroatoms. The summed E-state index contributed by atoms with van der Waals surface area (Å²) in [6.07, 6.45) is -2.74. The Labute approximate surface area is 117 Å². The number of nitrogens with zero attached hydrogens (tertiary/aromatic N) is 7. The van der Waals surface area contributed by atoms with Crippen molar-refractivity contribution in [1.82, 2.24) is 30.0 Å². The van der Waals surface area contributed by atoms with Crippen molar-refractivity contribution < 1.29 is 13.3 Å². The predicted molar refractivity (Wildman–Crippen MR) is 66.9 cm³/mol. The van der Waals surface area contributed by atoms with Crippen LogP contribution in [0, 0.1) is 6.92 Å². The molecule has 110 valence electrons. The maximum Gasteiger partial charge on any atom is 0.299 e. The van der Waals surface area contributed by atoms with Gasteiger partial charge in [0.1, 0.15) is 5.82 Å². The number of aromatic nitrogens is 6. The van der Waals surface area contributed by atoms with E-state index in [2.05, 4.69) is 25.4 Å². The first-order valence-electron chi connectivity index (χ1n) is 6.05. The highest BCUT2D eigenvalue weighted by Gasteiger charge is 2.18. The summed E-state index contributed by atoms with van der Waals surface area (Å²) in [5, 5.41) is 14.9. The molecule has 0 aliphatic rings. The minimum absolute atomic E-state index is 0.262. The Morgan fingerprint density at radius 1 is 1.33 bits per heavy atom. The summed E-state index contributed by atoms with van der Waals surface area (Å²) in [7, 11) is 1.74. The first-order valence-corrected chi connectivity index (χ1v) is 6.05. The molecule has 0 aliphatic heterocycles. The summed E-state index contributed by atoms with van der Waals surface area (Å²) in [6, 6.07) is 3.23. The summed E-state index contributed by atoms with van der Waals surface area (Å²) in [5.41, 5.74) is 0.262. The van der Waals surface area contributed by atoms with Crippen molar-refractivity contribution in [3.05, 3.63) is 29.7 Å². The van der Waals surface area contributed by atoms with Gasteiger partial charge in [-0.05, 0) is 12.1 Å². The normalized spacial score (nSPS) is 11.5. The number of halogens is 2. The molecule has 0 fully saturated rings. The van der Waals surface area contributed by atoms with Gasteiger partial charge in [0.05, 0.1) is 6.54 Å². The van der Waals surface area contributed by atoms with Crippen LogP contribution in [0.5, 0.6) is 0 Å². The number of anilines is 1. The fourth-order valence-corrected chi connectivity index (χ4v) is 1.83. The fraction of sp³-hybridized carbons (Fsp3) is 0.364. The molecule has 0 bridgehead atoms. The van der Waals surface area contributed by atoms with Gasteiger partial charge in [0, 0.05) is 14.0 Å². The van der Waals surface area contributed by atoms with Crippen LogP contribution in [0.3, 0.4) is 0 Å². The van der Waals surface area contributed by atoms with Crippen molar-refractivity contribution in [2.45, 2.75) is 19.9 Å². The van der Waals surface area contributed by atoms with Crippen LogP contribution in [0.4, 0.5) is 14.6 Å². The Morgan fingerprint density at radius 2 is 2.14 bits per heavy atom. The van der Waals surface area contributed by atoms with Crippen molar-refractivity contribution in [2.24, 2.45) is 0 Å². The molecule has 0 spiro atoms. The van der Waals surface area contributed by atoms with Crippen LogP contribution in [0.15, 0.2) is 16.7 Å². The number of rotatable bonds is 4. The maximum absolute atomic E-state index is 12.8. The molecule has 0 radical (unpaired) electrons. The van der Waals surface area contributed by atoms with Crippen LogP contribution in [0.1, 0.15) is 24.0 Å². The summed E-state index contributed by atoms with van der Waals surface area (Å²) in [4.78, 5) is 5.78. The van der Waals surface area contributed by atoms with Crippen molar-refractivity contribution in [3.8, 4) is 0 Å². The van der Waals surface area contributed by atoms with Gasteiger partial charge in [0.2, 0.25) is 11.7 Å². The molecule has 0 N–H and O–H groups in total. The highest BCUT2D eigenvalue weighted by Crippen LogP contribution is 2.18. The molecule has 0 amide bonds. The van der Waals surface area contributed by atoms with Crippen LogP contribution in [-0.2, 0) is 6.54 Å². The molecule has 0 aromatic carbocycles. The molecular formula is C11H11F2N7O. The van der Waals surface area contributed by atoms with E-state index >= 15 is 0 Å². The number of aryl methyl sites for hydroxylation is 1. The minimum atomic E-state index is -2.74. The largest absolute Gasteiger partial charge is 0.351 e. The summed E-state index contributed by atoms with van der Waals surface area (Å²) >= 11 is 0.